The van der Waals surface area contributed by atoms with Gasteiger partial charge in [-0.05, 0) is 37.5 Å². The summed E-state index contributed by atoms with van der Waals surface area (Å²) < 4.78 is 19.7. The van der Waals surface area contributed by atoms with Gasteiger partial charge < -0.3 is 19.6 Å². The van der Waals surface area contributed by atoms with E-state index < -0.39 is 17.7 Å². The number of carbonyl (C=O) groups is 3. The Kier molecular flexibility index (Phi) is 6.05. The fourth-order valence-corrected chi connectivity index (χ4v) is 3.58. The van der Waals surface area contributed by atoms with Crippen LogP contribution in [0, 0.1) is 5.82 Å². The van der Waals surface area contributed by atoms with Crippen molar-refractivity contribution in [1.82, 2.24) is 4.90 Å². The highest BCUT2D eigenvalue weighted by Crippen LogP contribution is 2.26. The van der Waals surface area contributed by atoms with Crippen LogP contribution in [-0.2, 0) is 14.3 Å². The highest BCUT2D eigenvalue weighted by molar-refractivity contribution is 5.99. The van der Waals surface area contributed by atoms with Crippen LogP contribution in [0.25, 0.3) is 0 Å². The predicted molar refractivity (Wildman–Crippen MR) is 95.1 cm³/mol. The number of benzene rings is 1. The molecule has 2 heterocycles. The maximum atomic E-state index is 14.4. The zero-order chi connectivity index (χ0) is 19.4. The largest absolute Gasteiger partial charge is 0.481 e. The van der Waals surface area contributed by atoms with Crippen molar-refractivity contribution in [2.45, 2.75) is 38.1 Å². The number of amides is 2. The SMILES string of the molecule is O=C(O)CCN(C(=O)c1cc(N2CCCC2=O)ccc1F)C1CCOCC1. The highest BCUT2D eigenvalue weighted by Gasteiger charge is 2.30. The van der Waals surface area contributed by atoms with E-state index in [9.17, 15) is 18.8 Å². The molecular formula is C19H23FN2O5. The number of carboxylic acid groups (broad SMARTS) is 1. The van der Waals surface area contributed by atoms with Crippen molar-refractivity contribution >= 4 is 23.5 Å². The van der Waals surface area contributed by atoms with E-state index in [0.717, 1.165) is 6.42 Å². The summed E-state index contributed by atoms with van der Waals surface area (Å²) in [6.45, 7) is 1.50. The summed E-state index contributed by atoms with van der Waals surface area (Å²) in [4.78, 5) is 39.0. The molecule has 2 aliphatic heterocycles. The molecule has 2 amide bonds. The molecule has 146 valence electrons. The van der Waals surface area contributed by atoms with Crippen molar-refractivity contribution in [1.29, 1.82) is 0 Å². The number of hydrogen-bond donors (Lipinski definition) is 1. The molecule has 8 heteroatoms. The summed E-state index contributed by atoms with van der Waals surface area (Å²) >= 11 is 0. The minimum atomic E-state index is -1.02. The first kappa shape index (κ1) is 19.3. The van der Waals surface area contributed by atoms with E-state index in [2.05, 4.69) is 0 Å². The lowest BCUT2D eigenvalue weighted by Crippen LogP contribution is -2.44. The van der Waals surface area contributed by atoms with Gasteiger partial charge in [-0.25, -0.2) is 4.39 Å². The number of ether oxygens (including phenoxy) is 1. The zero-order valence-electron chi connectivity index (χ0n) is 15.0. The van der Waals surface area contributed by atoms with Gasteiger partial charge in [0.15, 0.2) is 0 Å². The van der Waals surface area contributed by atoms with E-state index in [1.54, 1.807) is 4.90 Å². The molecule has 1 N–H and O–H groups in total. The maximum Gasteiger partial charge on any atom is 0.305 e. The first-order valence-corrected chi connectivity index (χ1v) is 9.18. The lowest BCUT2D eigenvalue weighted by molar-refractivity contribution is -0.137. The molecule has 0 bridgehead atoms. The van der Waals surface area contributed by atoms with Crippen LogP contribution in [-0.4, -0.2) is 60.1 Å². The van der Waals surface area contributed by atoms with Gasteiger partial charge in [0.25, 0.3) is 5.91 Å². The summed E-state index contributed by atoms with van der Waals surface area (Å²) in [6, 6.07) is 3.88. The summed E-state index contributed by atoms with van der Waals surface area (Å²) in [7, 11) is 0. The first-order valence-electron chi connectivity index (χ1n) is 9.18. The van der Waals surface area contributed by atoms with Gasteiger partial charge in [0.2, 0.25) is 5.91 Å². The molecule has 7 nitrogen and oxygen atoms in total. The van der Waals surface area contributed by atoms with Gasteiger partial charge >= 0.3 is 5.97 Å². The topological polar surface area (TPSA) is 87.2 Å². The third-order valence-electron chi connectivity index (χ3n) is 5.02. The average molecular weight is 378 g/mol. The standard InChI is InChI=1S/C19H23FN2O5/c20-16-4-3-14(21-8-1-2-17(21)23)12-15(16)19(26)22(9-5-18(24)25)13-6-10-27-11-7-13/h3-4,12-13H,1-2,5-11H2,(H,24,25). The molecule has 0 unspecified atom stereocenters. The number of halogens is 1. The van der Waals surface area contributed by atoms with E-state index in [4.69, 9.17) is 9.84 Å². The van der Waals surface area contributed by atoms with Crippen molar-refractivity contribution in [3.8, 4) is 0 Å². The second-order valence-corrected chi connectivity index (χ2v) is 6.80. The highest BCUT2D eigenvalue weighted by atomic mass is 19.1. The van der Waals surface area contributed by atoms with Crippen LogP contribution in [0.2, 0.25) is 0 Å². The van der Waals surface area contributed by atoms with Crippen LogP contribution in [0.1, 0.15) is 42.5 Å². The molecule has 1 aromatic carbocycles. The Bertz CT molecular complexity index is 733. The normalized spacial score (nSPS) is 18.0. The summed E-state index contributed by atoms with van der Waals surface area (Å²) in [5.74, 6) is -2.29. The van der Waals surface area contributed by atoms with E-state index >= 15 is 0 Å². The number of rotatable bonds is 6. The van der Waals surface area contributed by atoms with Gasteiger partial charge in [0.1, 0.15) is 5.82 Å². The molecule has 2 fully saturated rings. The molecule has 0 aliphatic carbocycles. The van der Waals surface area contributed by atoms with E-state index in [1.165, 1.54) is 23.1 Å². The Labute approximate surface area is 156 Å². The number of hydrogen-bond acceptors (Lipinski definition) is 4. The Hall–Kier alpha value is -2.48. The Balaban J connectivity index is 1.87. The van der Waals surface area contributed by atoms with Gasteiger partial charge in [0, 0.05) is 44.5 Å². The molecule has 2 saturated heterocycles. The monoisotopic (exact) mass is 378 g/mol. The lowest BCUT2D eigenvalue weighted by Gasteiger charge is -2.34. The van der Waals surface area contributed by atoms with Crippen LogP contribution in [0.15, 0.2) is 18.2 Å². The Morgan fingerprint density at radius 1 is 1.30 bits per heavy atom. The average Bonchev–Trinajstić information content (AvgIpc) is 3.09. The summed E-state index contributed by atoms with van der Waals surface area (Å²) in [5, 5.41) is 9.00. The van der Waals surface area contributed by atoms with Crippen LogP contribution in [0.3, 0.4) is 0 Å². The molecule has 27 heavy (non-hydrogen) atoms. The molecule has 0 atom stereocenters. The zero-order valence-corrected chi connectivity index (χ0v) is 15.0. The van der Waals surface area contributed by atoms with E-state index in [-0.39, 0.29) is 30.5 Å². The molecule has 3 rings (SSSR count). The fraction of sp³-hybridized carbons (Fsp3) is 0.526. The van der Waals surface area contributed by atoms with E-state index in [1.807, 2.05) is 0 Å². The van der Waals surface area contributed by atoms with Crippen molar-refractivity contribution in [3.63, 3.8) is 0 Å². The number of carboxylic acids is 1. The minimum Gasteiger partial charge on any atom is -0.481 e. The van der Waals surface area contributed by atoms with Gasteiger partial charge in [-0.1, -0.05) is 0 Å². The lowest BCUT2D eigenvalue weighted by atomic mass is 10.0. The van der Waals surface area contributed by atoms with Crippen molar-refractivity contribution in [2.24, 2.45) is 0 Å². The van der Waals surface area contributed by atoms with E-state index in [0.29, 0.717) is 44.7 Å². The molecule has 0 spiro atoms. The maximum absolute atomic E-state index is 14.4. The van der Waals surface area contributed by atoms with Gasteiger partial charge in [-0.2, -0.15) is 0 Å². The minimum absolute atomic E-state index is 0.00510. The van der Waals surface area contributed by atoms with Gasteiger partial charge in [-0.3, -0.25) is 14.4 Å². The molecular weight excluding hydrogens is 355 g/mol. The van der Waals surface area contributed by atoms with Crippen LogP contribution >= 0.6 is 0 Å². The Morgan fingerprint density at radius 2 is 2.04 bits per heavy atom. The second kappa shape index (κ2) is 8.47. The number of aliphatic carboxylic acids is 1. The van der Waals surface area contributed by atoms with Gasteiger partial charge in [0.05, 0.1) is 12.0 Å². The van der Waals surface area contributed by atoms with Crippen LogP contribution in [0.4, 0.5) is 10.1 Å². The third kappa shape index (κ3) is 4.44. The van der Waals surface area contributed by atoms with Crippen LogP contribution in [0.5, 0.6) is 0 Å². The molecule has 0 saturated carbocycles. The first-order chi connectivity index (χ1) is 13.0. The fourth-order valence-electron chi connectivity index (χ4n) is 3.58. The van der Waals surface area contributed by atoms with Crippen molar-refractivity contribution in [3.05, 3.63) is 29.6 Å². The third-order valence-corrected chi connectivity index (χ3v) is 5.02. The van der Waals surface area contributed by atoms with Crippen molar-refractivity contribution in [2.75, 3.05) is 31.2 Å². The smallest absolute Gasteiger partial charge is 0.305 e. The predicted octanol–water partition coefficient (Wildman–Crippen LogP) is 2.05. The van der Waals surface area contributed by atoms with Crippen molar-refractivity contribution < 1.29 is 28.6 Å². The molecule has 2 aliphatic rings. The number of carbonyl (C=O) groups excluding carboxylic acids is 2. The second-order valence-electron chi connectivity index (χ2n) is 6.80. The summed E-state index contributed by atoms with van der Waals surface area (Å²) in [6.07, 6.45) is 2.11. The number of nitrogens with zero attached hydrogens (tertiary/aromatic N) is 2. The molecule has 0 radical (unpaired) electrons. The molecule has 1 aromatic rings. The van der Waals surface area contributed by atoms with Gasteiger partial charge in [-0.15, -0.1) is 0 Å². The number of anilines is 1. The Morgan fingerprint density at radius 3 is 2.67 bits per heavy atom. The summed E-state index contributed by atoms with van der Waals surface area (Å²) in [5.41, 5.74) is 0.358. The quantitative estimate of drug-likeness (QED) is 0.819. The van der Waals surface area contributed by atoms with Crippen LogP contribution < -0.4 is 4.90 Å². The molecule has 0 aromatic heterocycles.